The minimum atomic E-state index is -4.59. The van der Waals surface area contributed by atoms with Gasteiger partial charge in [-0.05, 0) is 47.2 Å². The molecule has 1 fully saturated rings. The van der Waals surface area contributed by atoms with Crippen molar-refractivity contribution in [3.05, 3.63) is 118 Å². The molecule has 2 atom stereocenters. The van der Waals surface area contributed by atoms with Crippen molar-refractivity contribution in [2.24, 2.45) is 0 Å². The fraction of sp³-hybridized carbons (Fsp3) is 0.148. The number of hydrogen-bond acceptors (Lipinski definition) is 3. The maximum absolute atomic E-state index is 13.2. The molecule has 0 spiro atoms. The van der Waals surface area contributed by atoms with E-state index in [-0.39, 0.29) is 11.1 Å². The van der Waals surface area contributed by atoms with Crippen molar-refractivity contribution in [1.82, 2.24) is 0 Å². The second-order valence-corrected chi connectivity index (χ2v) is 8.71. The van der Waals surface area contributed by atoms with E-state index in [1.54, 1.807) is 24.3 Å². The summed E-state index contributed by atoms with van der Waals surface area (Å²) in [6, 6.07) is 19.0. The summed E-state index contributed by atoms with van der Waals surface area (Å²) in [7, 11) is 0. The molecule has 4 aromatic rings. The van der Waals surface area contributed by atoms with Crippen LogP contribution >= 0.6 is 0 Å². The lowest BCUT2D eigenvalue weighted by atomic mass is 9.55. The molecule has 3 nitrogen and oxygen atoms in total. The molecule has 1 aliphatic heterocycles. The van der Waals surface area contributed by atoms with E-state index in [9.17, 15) is 31.1 Å². The van der Waals surface area contributed by atoms with Crippen molar-refractivity contribution < 1.29 is 40.6 Å². The van der Waals surface area contributed by atoms with Gasteiger partial charge in [0, 0.05) is 22.3 Å². The Morgan fingerprint density at radius 1 is 0.556 bits per heavy atom. The van der Waals surface area contributed by atoms with E-state index >= 15 is 0 Å². The van der Waals surface area contributed by atoms with E-state index in [1.165, 1.54) is 24.3 Å². The summed E-state index contributed by atoms with van der Waals surface area (Å²) < 4.78 is 90.8. The van der Waals surface area contributed by atoms with Crippen molar-refractivity contribution in [2.75, 3.05) is 0 Å². The summed E-state index contributed by atoms with van der Waals surface area (Å²) in [5.74, 6) is 0. The average molecular weight is 500 g/mol. The number of carbonyl (C=O) groups is 1. The lowest BCUT2D eigenvalue weighted by Gasteiger charge is -2.52. The molecule has 1 heterocycles. The molecule has 0 unspecified atom stereocenters. The fourth-order valence-corrected chi connectivity index (χ4v) is 5.29. The van der Waals surface area contributed by atoms with Crippen LogP contribution < -0.4 is 0 Å². The standard InChI is InChI=1S/C27H14F6O3/c28-26(29,30)19-9-5-17(6-10-19)24-21-13-15-3-1-2-4-16(15)14-22(21)25(24,36-23(34)35-24)18-7-11-20(12-8-18)27(31,32)33/h1-14H/t24-,25+. The second-order valence-electron chi connectivity index (χ2n) is 8.71. The van der Waals surface area contributed by atoms with Crippen molar-refractivity contribution in [2.45, 2.75) is 23.6 Å². The maximum atomic E-state index is 13.2. The highest BCUT2D eigenvalue weighted by Crippen LogP contribution is 2.68. The van der Waals surface area contributed by atoms with E-state index in [0.29, 0.717) is 11.1 Å². The summed E-state index contributed by atoms with van der Waals surface area (Å²) in [6.45, 7) is 0. The first-order chi connectivity index (χ1) is 17.0. The zero-order chi connectivity index (χ0) is 25.5. The number of hydrogen-bond donors (Lipinski definition) is 0. The van der Waals surface area contributed by atoms with Crippen molar-refractivity contribution in [3.63, 3.8) is 0 Å². The van der Waals surface area contributed by atoms with Gasteiger partial charge in [-0.25, -0.2) is 4.79 Å². The van der Waals surface area contributed by atoms with Gasteiger partial charge >= 0.3 is 18.5 Å². The number of ether oxygens (including phenoxy) is 2. The number of fused-ring (bicyclic) bond motifs is 5. The molecule has 0 saturated carbocycles. The number of carbonyl (C=O) groups excluding carboxylic acids is 1. The Kier molecular flexibility index (Phi) is 4.38. The summed E-state index contributed by atoms with van der Waals surface area (Å²) >= 11 is 0. The molecule has 0 aromatic heterocycles. The fourth-order valence-electron chi connectivity index (χ4n) is 5.29. The van der Waals surface area contributed by atoms with Gasteiger partial charge in [0.15, 0.2) is 0 Å². The molecule has 9 heteroatoms. The Bertz CT molecular complexity index is 1410. The van der Waals surface area contributed by atoms with Crippen LogP contribution in [0.15, 0.2) is 84.9 Å². The maximum Gasteiger partial charge on any atom is 0.511 e. The zero-order valence-electron chi connectivity index (χ0n) is 18.1. The Hall–Kier alpha value is -4.01. The summed E-state index contributed by atoms with van der Waals surface area (Å²) in [5.41, 5.74) is -3.84. The third-order valence-electron chi connectivity index (χ3n) is 6.85. The molecule has 36 heavy (non-hydrogen) atoms. The topological polar surface area (TPSA) is 35.5 Å². The van der Waals surface area contributed by atoms with E-state index in [1.807, 2.05) is 12.1 Å². The quantitative estimate of drug-likeness (QED) is 0.211. The summed E-state index contributed by atoms with van der Waals surface area (Å²) in [6.07, 6.45) is -10.3. The van der Waals surface area contributed by atoms with Gasteiger partial charge in [-0.3, -0.25) is 0 Å². The summed E-state index contributed by atoms with van der Waals surface area (Å²) in [4.78, 5) is 12.7. The highest BCUT2D eigenvalue weighted by molar-refractivity contribution is 5.89. The molecule has 4 aromatic carbocycles. The highest BCUT2D eigenvalue weighted by atomic mass is 19.4. The van der Waals surface area contributed by atoms with Crippen LogP contribution in [-0.2, 0) is 33.0 Å². The molecule has 1 aliphatic carbocycles. The van der Waals surface area contributed by atoms with Crippen LogP contribution in [0.5, 0.6) is 0 Å². The van der Waals surface area contributed by atoms with Gasteiger partial charge in [0.05, 0.1) is 11.1 Å². The Balaban J connectivity index is 1.63. The Morgan fingerprint density at radius 2 is 0.917 bits per heavy atom. The van der Waals surface area contributed by atoms with Crippen LogP contribution in [0, 0.1) is 0 Å². The first-order valence-corrected chi connectivity index (χ1v) is 10.8. The van der Waals surface area contributed by atoms with Crippen LogP contribution in [0.1, 0.15) is 33.4 Å². The van der Waals surface area contributed by atoms with E-state index in [2.05, 4.69) is 0 Å². The Labute approximate surface area is 199 Å². The van der Waals surface area contributed by atoms with Gasteiger partial charge in [-0.1, -0.05) is 48.5 Å². The molecule has 0 amide bonds. The SMILES string of the molecule is O=C1O[C@]2(c3ccc(C(F)(F)F)cc3)c3cc4ccccc4cc3[C@]2(c2ccc(C(F)(F)F)cc2)O1. The first-order valence-electron chi connectivity index (χ1n) is 10.8. The van der Waals surface area contributed by atoms with Gasteiger partial charge in [-0.2, -0.15) is 26.3 Å². The summed E-state index contributed by atoms with van der Waals surface area (Å²) in [5, 5.41) is 1.57. The highest BCUT2D eigenvalue weighted by Gasteiger charge is 2.75. The molecule has 1 saturated heterocycles. The first kappa shape index (κ1) is 22.5. The molecular weight excluding hydrogens is 486 g/mol. The van der Waals surface area contributed by atoms with Crippen LogP contribution in [0.2, 0.25) is 0 Å². The monoisotopic (exact) mass is 500 g/mol. The van der Waals surface area contributed by atoms with Gasteiger partial charge in [-0.15, -0.1) is 0 Å². The van der Waals surface area contributed by atoms with E-state index < -0.39 is 40.8 Å². The van der Waals surface area contributed by atoms with Gasteiger partial charge in [0.25, 0.3) is 0 Å². The zero-order valence-corrected chi connectivity index (χ0v) is 18.1. The normalized spacial score (nSPS) is 22.9. The van der Waals surface area contributed by atoms with Gasteiger partial charge < -0.3 is 9.47 Å². The number of rotatable bonds is 2. The molecule has 0 bridgehead atoms. The van der Waals surface area contributed by atoms with Crippen molar-refractivity contribution in [1.29, 1.82) is 0 Å². The second kappa shape index (κ2) is 7.02. The Morgan fingerprint density at radius 3 is 1.25 bits per heavy atom. The molecule has 182 valence electrons. The van der Waals surface area contributed by atoms with Crippen LogP contribution in [-0.4, -0.2) is 6.16 Å². The minimum Gasteiger partial charge on any atom is -0.413 e. The smallest absolute Gasteiger partial charge is 0.413 e. The third-order valence-corrected chi connectivity index (χ3v) is 6.85. The minimum absolute atomic E-state index is 0.198. The molecule has 0 N–H and O–H groups in total. The molecule has 0 radical (unpaired) electrons. The average Bonchev–Trinajstić information content (AvgIpc) is 3.11. The lowest BCUT2D eigenvalue weighted by Crippen LogP contribution is -2.58. The van der Waals surface area contributed by atoms with Gasteiger partial charge in [0.2, 0.25) is 11.2 Å². The predicted octanol–water partition coefficient (Wildman–Crippen LogP) is 7.55. The van der Waals surface area contributed by atoms with E-state index in [4.69, 9.17) is 9.47 Å². The van der Waals surface area contributed by atoms with Crippen LogP contribution in [0.4, 0.5) is 31.1 Å². The molecular formula is C27H14F6O3. The van der Waals surface area contributed by atoms with Crippen molar-refractivity contribution >= 4 is 16.9 Å². The predicted molar refractivity (Wildman–Crippen MR) is 116 cm³/mol. The number of halogens is 6. The molecule has 2 aliphatic rings. The number of alkyl halides is 6. The number of benzene rings is 4. The molecule has 6 rings (SSSR count). The van der Waals surface area contributed by atoms with Crippen molar-refractivity contribution in [3.8, 4) is 0 Å². The largest absolute Gasteiger partial charge is 0.511 e. The van der Waals surface area contributed by atoms with Crippen LogP contribution in [0.25, 0.3) is 10.8 Å². The third kappa shape index (κ3) is 2.85. The van der Waals surface area contributed by atoms with Gasteiger partial charge in [0.1, 0.15) is 0 Å². The lowest BCUT2D eigenvalue weighted by molar-refractivity contribution is -0.138. The van der Waals surface area contributed by atoms with E-state index in [0.717, 1.165) is 35.0 Å². The van der Waals surface area contributed by atoms with Crippen LogP contribution in [0.3, 0.4) is 0 Å².